The van der Waals surface area contributed by atoms with E-state index in [-0.39, 0.29) is 17.8 Å². The van der Waals surface area contributed by atoms with Gasteiger partial charge in [-0.05, 0) is 11.6 Å². The van der Waals surface area contributed by atoms with E-state index in [1.54, 1.807) is 12.2 Å². The van der Waals surface area contributed by atoms with Gasteiger partial charge in [0.05, 0.1) is 22.4 Å². The lowest BCUT2D eigenvalue weighted by molar-refractivity contribution is -0.383. The Morgan fingerprint density at radius 3 is 2.88 bits per heavy atom. The largest absolute Gasteiger partial charge is 0.393 e. The number of allylic oxidation sites excluding steroid dienone is 1. The van der Waals surface area contributed by atoms with Crippen LogP contribution in [-0.4, -0.2) is 4.92 Å². The first-order valence-corrected chi connectivity index (χ1v) is 4.71. The summed E-state index contributed by atoms with van der Waals surface area (Å²) in [5.41, 5.74) is 5.74. The molecule has 0 radical (unpaired) electrons. The van der Waals surface area contributed by atoms with Gasteiger partial charge in [0.1, 0.15) is 5.69 Å². The van der Waals surface area contributed by atoms with Gasteiger partial charge >= 0.3 is 0 Å². The number of nitriles is 1. The van der Waals surface area contributed by atoms with Crippen LogP contribution in [0.1, 0.15) is 12.0 Å². The molecule has 0 saturated heterocycles. The van der Waals surface area contributed by atoms with Crippen LogP contribution in [0.2, 0.25) is 5.02 Å². The van der Waals surface area contributed by atoms with E-state index in [9.17, 15) is 10.1 Å². The number of nitro benzene ring substituents is 1. The molecule has 0 saturated carbocycles. The lowest BCUT2D eigenvalue weighted by atomic mass is 10.1. The fourth-order valence-corrected chi connectivity index (χ4v) is 1.35. The molecule has 1 rings (SSSR count). The fraction of sp³-hybridized carbons (Fsp3) is 0.100. The maximum atomic E-state index is 10.6. The van der Waals surface area contributed by atoms with Crippen LogP contribution in [0.3, 0.4) is 0 Å². The first-order chi connectivity index (χ1) is 7.56. The average molecular weight is 238 g/mol. The Hall–Kier alpha value is -2.06. The molecule has 1 aromatic rings. The van der Waals surface area contributed by atoms with Crippen LogP contribution in [0, 0.1) is 21.4 Å². The zero-order chi connectivity index (χ0) is 12.1. The van der Waals surface area contributed by atoms with E-state index < -0.39 is 4.92 Å². The van der Waals surface area contributed by atoms with Crippen LogP contribution < -0.4 is 5.73 Å². The number of hydrogen-bond donors (Lipinski definition) is 1. The van der Waals surface area contributed by atoms with E-state index in [0.29, 0.717) is 10.6 Å². The summed E-state index contributed by atoms with van der Waals surface area (Å²) in [6, 6.07) is 4.53. The number of nitrogens with zero attached hydrogens (tertiary/aromatic N) is 2. The molecule has 2 N–H and O–H groups in total. The second kappa shape index (κ2) is 5.14. The van der Waals surface area contributed by atoms with Crippen molar-refractivity contribution in [3.05, 3.63) is 38.9 Å². The third-order valence-electron chi connectivity index (χ3n) is 1.85. The van der Waals surface area contributed by atoms with Gasteiger partial charge < -0.3 is 5.73 Å². The zero-order valence-corrected chi connectivity index (χ0v) is 8.94. The highest BCUT2D eigenvalue weighted by atomic mass is 35.5. The van der Waals surface area contributed by atoms with Crippen LogP contribution in [0.4, 0.5) is 11.4 Å². The van der Waals surface area contributed by atoms with Crippen molar-refractivity contribution in [2.24, 2.45) is 0 Å². The molecule has 0 atom stereocenters. The molecule has 6 heteroatoms. The number of benzene rings is 1. The molecule has 0 fully saturated rings. The second-order valence-corrected chi connectivity index (χ2v) is 3.36. The predicted octanol–water partition coefficient (Wildman–Crippen LogP) is 2.76. The van der Waals surface area contributed by atoms with E-state index in [1.807, 2.05) is 6.07 Å². The fourth-order valence-electron chi connectivity index (χ4n) is 1.12. The van der Waals surface area contributed by atoms with Crippen LogP contribution in [0.25, 0.3) is 6.08 Å². The van der Waals surface area contributed by atoms with Gasteiger partial charge in [-0.2, -0.15) is 5.26 Å². The van der Waals surface area contributed by atoms with Crippen LogP contribution in [-0.2, 0) is 0 Å². The SMILES string of the molecule is N#CCC=Cc1cc([N+](=O)[O-])c(N)cc1Cl. The van der Waals surface area contributed by atoms with Gasteiger partial charge in [0, 0.05) is 6.07 Å². The van der Waals surface area contributed by atoms with Gasteiger partial charge in [0.25, 0.3) is 5.69 Å². The third kappa shape index (κ3) is 2.72. The van der Waals surface area contributed by atoms with Crippen molar-refractivity contribution in [1.29, 1.82) is 5.26 Å². The summed E-state index contributed by atoms with van der Waals surface area (Å²) in [6.07, 6.45) is 3.34. The van der Waals surface area contributed by atoms with Gasteiger partial charge in [-0.1, -0.05) is 23.8 Å². The number of halogens is 1. The zero-order valence-electron chi connectivity index (χ0n) is 8.18. The molecule has 0 aliphatic carbocycles. The molecule has 0 spiro atoms. The molecule has 0 aromatic heterocycles. The quantitative estimate of drug-likeness (QED) is 0.497. The Labute approximate surface area is 96.9 Å². The molecule has 16 heavy (non-hydrogen) atoms. The maximum absolute atomic E-state index is 10.6. The third-order valence-corrected chi connectivity index (χ3v) is 2.18. The van der Waals surface area contributed by atoms with Crippen LogP contribution in [0.15, 0.2) is 18.2 Å². The van der Waals surface area contributed by atoms with Gasteiger partial charge in [-0.15, -0.1) is 0 Å². The molecule has 0 aliphatic heterocycles. The van der Waals surface area contributed by atoms with E-state index in [1.165, 1.54) is 12.1 Å². The number of hydrogen-bond acceptors (Lipinski definition) is 4. The lowest BCUT2D eigenvalue weighted by Crippen LogP contribution is -1.96. The lowest BCUT2D eigenvalue weighted by Gasteiger charge is -2.01. The van der Waals surface area contributed by atoms with E-state index >= 15 is 0 Å². The minimum atomic E-state index is -0.576. The first kappa shape index (κ1) is 12.0. The normalized spacial score (nSPS) is 10.2. The molecular weight excluding hydrogens is 230 g/mol. The Morgan fingerprint density at radius 2 is 2.31 bits per heavy atom. The number of nitro groups is 1. The van der Waals surface area contributed by atoms with Crippen molar-refractivity contribution in [1.82, 2.24) is 0 Å². The highest BCUT2D eigenvalue weighted by Gasteiger charge is 2.13. The summed E-state index contributed by atoms with van der Waals surface area (Å²) in [6.45, 7) is 0. The molecule has 0 heterocycles. The van der Waals surface area contributed by atoms with Crippen LogP contribution >= 0.6 is 11.6 Å². The molecule has 1 aromatic carbocycles. The Morgan fingerprint density at radius 1 is 1.62 bits per heavy atom. The van der Waals surface area contributed by atoms with Gasteiger partial charge in [0.15, 0.2) is 0 Å². The Balaban J connectivity index is 3.16. The van der Waals surface area contributed by atoms with E-state index in [0.717, 1.165) is 0 Å². The molecular formula is C10H8ClN3O2. The van der Waals surface area contributed by atoms with Crippen molar-refractivity contribution < 1.29 is 4.92 Å². The van der Waals surface area contributed by atoms with Crippen molar-refractivity contribution in [2.45, 2.75) is 6.42 Å². The molecule has 0 unspecified atom stereocenters. The van der Waals surface area contributed by atoms with Gasteiger partial charge in [-0.25, -0.2) is 0 Å². The monoisotopic (exact) mass is 237 g/mol. The highest BCUT2D eigenvalue weighted by Crippen LogP contribution is 2.29. The summed E-state index contributed by atoms with van der Waals surface area (Å²) in [4.78, 5) is 10.0. The van der Waals surface area contributed by atoms with E-state index in [2.05, 4.69) is 0 Å². The van der Waals surface area contributed by atoms with Gasteiger partial charge in [0.2, 0.25) is 0 Å². The standard InChI is InChI=1S/C10H8ClN3O2/c11-8-6-9(13)10(14(15)16)5-7(8)3-1-2-4-12/h1,3,5-6H,2,13H2. The Bertz CT molecular complexity index is 492. The smallest absolute Gasteiger partial charge is 0.292 e. The molecule has 0 amide bonds. The molecule has 0 aliphatic rings. The topological polar surface area (TPSA) is 92.9 Å². The number of nitrogen functional groups attached to an aromatic ring is 1. The summed E-state index contributed by atoms with van der Waals surface area (Å²) in [5.74, 6) is 0. The minimum absolute atomic E-state index is 0.0208. The number of anilines is 1. The highest BCUT2D eigenvalue weighted by molar-refractivity contribution is 6.32. The van der Waals surface area contributed by atoms with Gasteiger partial charge in [-0.3, -0.25) is 10.1 Å². The molecule has 0 bridgehead atoms. The van der Waals surface area contributed by atoms with Crippen molar-refractivity contribution in [2.75, 3.05) is 5.73 Å². The van der Waals surface area contributed by atoms with Crippen LogP contribution in [0.5, 0.6) is 0 Å². The summed E-state index contributed by atoms with van der Waals surface area (Å²) in [7, 11) is 0. The molecule has 82 valence electrons. The van der Waals surface area contributed by atoms with Crippen molar-refractivity contribution in [3.8, 4) is 6.07 Å². The minimum Gasteiger partial charge on any atom is -0.393 e. The van der Waals surface area contributed by atoms with Crippen molar-refractivity contribution >= 4 is 29.1 Å². The summed E-state index contributed by atoms with van der Waals surface area (Å²) >= 11 is 5.85. The molecule has 5 nitrogen and oxygen atoms in total. The first-order valence-electron chi connectivity index (χ1n) is 4.33. The predicted molar refractivity (Wildman–Crippen MR) is 61.8 cm³/mol. The summed E-state index contributed by atoms with van der Waals surface area (Å²) in [5, 5.41) is 19.3. The summed E-state index contributed by atoms with van der Waals surface area (Å²) < 4.78 is 0. The second-order valence-electron chi connectivity index (χ2n) is 2.95. The number of nitrogens with two attached hydrogens (primary N) is 1. The van der Waals surface area contributed by atoms with E-state index in [4.69, 9.17) is 22.6 Å². The maximum Gasteiger partial charge on any atom is 0.292 e. The average Bonchev–Trinajstić information content (AvgIpc) is 2.21. The number of rotatable bonds is 3. The van der Waals surface area contributed by atoms with Crippen molar-refractivity contribution in [3.63, 3.8) is 0 Å². The Kier molecular flexibility index (Phi) is 3.86.